The number of aromatic amines is 1. The lowest BCUT2D eigenvalue weighted by Gasteiger charge is -2.38. The number of hydrogen-bond donors (Lipinski definition) is 3. The molecule has 1 fully saturated rings. The highest BCUT2D eigenvalue weighted by Crippen LogP contribution is 2.19. The summed E-state index contributed by atoms with van der Waals surface area (Å²) in [5, 5.41) is 19.7. The molecular formula is C19H26N4O2. The first kappa shape index (κ1) is 17.6. The highest BCUT2D eigenvalue weighted by Gasteiger charge is 2.30. The van der Waals surface area contributed by atoms with Gasteiger partial charge in [0.15, 0.2) is 0 Å². The number of benzene rings is 1. The van der Waals surface area contributed by atoms with E-state index in [2.05, 4.69) is 32.5 Å². The van der Waals surface area contributed by atoms with Gasteiger partial charge >= 0.3 is 0 Å². The molecule has 2 unspecified atom stereocenters. The van der Waals surface area contributed by atoms with Crippen molar-refractivity contribution in [1.82, 2.24) is 20.4 Å². The number of aryl methyl sites for hydroxylation is 1. The first-order valence-electron chi connectivity index (χ1n) is 8.81. The van der Waals surface area contributed by atoms with E-state index < -0.39 is 0 Å². The summed E-state index contributed by atoms with van der Waals surface area (Å²) >= 11 is 0. The largest absolute Gasteiger partial charge is 0.396 e. The highest BCUT2D eigenvalue weighted by molar-refractivity contribution is 5.78. The number of aromatic nitrogens is 2. The number of piperidine rings is 1. The molecule has 0 bridgehead atoms. The SMILES string of the molecule is Cc1cc(CC(=O)NC2CN(Cc3ccccc3)CCC2CO)n[nH]1. The second-order valence-corrected chi connectivity index (χ2v) is 6.85. The molecule has 1 amide bonds. The Hall–Kier alpha value is -2.18. The predicted octanol–water partition coefficient (Wildman–Crippen LogP) is 1.26. The van der Waals surface area contributed by atoms with Gasteiger partial charge in [-0.15, -0.1) is 0 Å². The summed E-state index contributed by atoms with van der Waals surface area (Å²) in [4.78, 5) is 14.7. The third-order valence-electron chi connectivity index (χ3n) is 4.77. The van der Waals surface area contributed by atoms with Crippen molar-refractivity contribution in [3.63, 3.8) is 0 Å². The molecule has 25 heavy (non-hydrogen) atoms. The second-order valence-electron chi connectivity index (χ2n) is 6.85. The van der Waals surface area contributed by atoms with Gasteiger partial charge in [-0.1, -0.05) is 30.3 Å². The minimum absolute atomic E-state index is 0.0324. The van der Waals surface area contributed by atoms with Crippen LogP contribution in [-0.4, -0.2) is 51.8 Å². The van der Waals surface area contributed by atoms with Crippen LogP contribution in [0.3, 0.4) is 0 Å². The molecule has 0 spiro atoms. The summed E-state index contributed by atoms with van der Waals surface area (Å²) in [6.07, 6.45) is 1.15. The molecule has 0 aliphatic carbocycles. The smallest absolute Gasteiger partial charge is 0.226 e. The van der Waals surface area contributed by atoms with Gasteiger partial charge in [0.2, 0.25) is 5.91 Å². The van der Waals surface area contributed by atoms with Crippen LogP contribution in [0.4, 0.5) is 0 Å². The maximum Gasteiger partial charge on any atom is 0.226 e. The molecule has 1 aliphatic rings. The molecule has 1 saturated heterocycles. The Bertz CT molecular complexity index is 686. The van der Waals surface area contributed by atoms with Crippen LogP contribution < -0.4 is 5.32 Å². The number of likely N-dealkylation sites (tertiary alicyclic amines) is 1. The van der Waals surface area contributed by atoms with Crippen LogP contribution in [0, 0.1) is 12.8 Å². The minimum Gasteiger partial charge on any atom is -0.396 e. The lowest BCUT2D eigenvalue weighted by Crippen LogP contribution is -2.53. The Labute approximate surface area is 148 Å². The zero-order chi connectivity index (χ0) is 17.6. The minimum atomic E-state index is -0.0449. The van der Waals surface area contributed by atoms with E-state index >= 15 is 0 Å². The molecule has 6 nitrogen and oxygen atoms in total. The van der Waals surface area contributed by atoms with E-state index in [1.165, 1.54) is 5.56 Å². The Kier molecular flexibility index (Phi) is 5.83. The summed E-state index contributed by atoms with van der Waals surface area (Å²) in [5.74, 6) is 0.0633. The summed E-state index contributed by atoms with van der Waals surface area (Å²) in [6.45, 7) is 4.57. The van der Waals surface area contributed by atoms with E-state index in [0.717, 1.165) is 37.4 Å². The molecule has 1 aromatic carbocycles. The van der Waals surface area contributed by atoms with Crippen molar-refractivity contribution < 1.29 is 9.90 Å². The molecule has 3 N–H and O–H groups in total. The lowest BCUT2D eigenvalue weighted by molar-refractivity contribution is -0.122. The van der Waals surface area contributed by atoms with Crippen molar-refractivity contribution in [1.29, 1.82) is 0 Å². The number of aliphatic hydroxyl groups is 1. The third kappa shape index (κ3) is 4.90. The molecule has 134 valence electrons. The van der Waals surface area contributed by atoms with Crippen molar-refractivity contribution in [2.45, 2.75) is 32.4 Å². The van der Waals surface area contributed by atoms with E-state index in [-0.39, 0.29) is 30.9 Å². The monoisotopic (exact) mass is 342 g/mol. The number of carbonyl (C=O) groups excluding carboxylic acids is 1. The molecule has 3 rings (SSSR count). The maximum atomic E-state index is 12.4. The van der Waals surface area contributed by atoms with Crippen molar-refractivity contribution in [2.75, 3.05) is 19.7 Å². The maximum absolute atomic E-state index is 12.4. The van der Waals surface area contributed by atoms with E-state index in [1.807, 2.05) is 31.2 Å². The van der Waals surface area contributed by atoms with Crippen LogP contribution >= 0.6 is 0 Å². The summed E-state index contributed by atoms with van der Waals surface area (Å²) < 4.78 is 0. The van der Waals surface area contributed by atoms with Gasteiger partial charge in [-0.2, -0.15) is 5.10 Å². The molecule has 0 saturated carbocycles. The number of hydrogen-bond acceptors (Lipinski definition) is 4. The topological polar surface area (TPSA) is 81.2 Å². The molecule has 2 aromatic rings. The van der Waals surface area contributed by atoms with Gasteiger partial charge in [-0.3, -0.25) is 14.8 Å². The number of nitrogens with zero attached hydrogens (tertiary/aromatic N) is 2. The van der Waals surface area contributed by atoms with Gasteiger partial charge in [-0.05, 0) is 31.5 Å². The van der Waals surface area contributed by atoms with Crippen molar-refractivity contribution in [2.24, 2.45) is 5.92 Å². The van der Waals surface area contributed by atoms with Crippen LogP contribution in [0.15, 0.2) is 36.4 Å². The van der Waals surface area contributed by atoms with Gasteiger partial charge < -0.3 is 10.4 Å². The van der Waals surface area contributed by atoms with E-state index in [9.17, 15) is 9.90 Å². The number of rotatable bonds is 6. The fourth-order valence-corrected chi connectivity index (χ4v) is 3.42. The van der Waals surface area contributed by atoms with Gasteiger partial charge in [0.1, 0.15) is 0 Å². The normalized spacial score (nSPS) is 21.2. The quantitative estimate of drug-likeness (QED) is 0.738. The number of nitrogens with one attached hydrogen (secondary N) is 2. The van der Waals surface area contributed by atoms with Gasteiger partial charge in [0.25, 0.3) is 0 Å². The van der Waals surface area contributed by atoms with E-state index in [4.69, 9.17) is 0 Å². The lowest BCUT2D eigenvalue weighted by atomic mass is 9.91. The molecule has 0 radical (unpaired) electrons. The van der Waals surface area contributed by atoms with Crippen LogP contribution in [-0.2, 0) is 17.8 Å². The Morgan fingerprint density at radius 3 is 2.88 bits per heavy atom. The second kappa shape index (κ2) is 8.27. The van der Waals surface area contributed by atoms with Crippen LogP contribution in [0.5, 0.6) is 0 Å². The molecule has 1 aromatic heterocycles. The van der Waals surface area contributed by atoms with Crippen molar-refractivity contribution >= 4 is 5.91 Å². The van der Waals surface area contributed by atoms with E-state index in [1.54, 1.807) is 0 Å². The molecular weight excluding hydrogens is 316 g/mol. The number of aliphatic hydroxyl groups excluding tert-OH is 1. The van der Waals surface area contributed by atoms with Crippen LogP contribution in [0.1, 0.15) is 23.4 Å². The van der Waals surface area contributed by atoms with Crippen molar-refractivity contribution in [3.8, 4) is 0 Å². The van der Waals surface area contributed by atoms with Crippen LogP contribution in [0.2, 0.25) is 0 Å². The summed E-state index contributed by atoms with van der Waals surface area (Å²) in [5.41, 5.74) is 2.96. The number of H-pyrrole nitrogens is 1. The zero-order valence-electron chi connectivity index (χ0n) is 14.6. The number of amides is 1. The zero-order valence-corrected chi connectivity index (χ0v) is 14.6. The standard InChI is InChI=1S/C19H26N4O2/c1-14-9-17(22-21-14)10-19(25)20-18-12-23(8-7-16(18)13-24)11-15-5-3-2-4-6-15/h2-6,9,16,18,24H,7-8,10-13H2,1H3,(H,20,25)(H,21,22). The average molecular weight is 342 g/mol. The third-order valence-corrected chi connectivity index (χ3v) is 4.77. The van der Waals surface area contributed by atoms with Gasteiger partial charge in [0.05, 0.1) is 12.1 Å². The molecule has 2 heterocycles. The Morgan fingerprint density at radius 2 is 2.20 bits per heavy atom. The predicted molar refractivity (Wildman–Crippen MR) is 95.9 cm³/mol. The fourth-order valence-electron chi connectivity index (χ4n) is 3.42. The van der Waals surface area contributed by atoms with Crippen molar-refractivity contribution in [3.05, 3.63) is 53.3 Å². The highest BCUT2D eigenvalue weighted by atomic mass is 16.3. The summed E-state index contributed by atoms with van der Waals surface area (Å²) in [7, 11) is 0. The Balaban J connectivity index is 1.57. The number of carbonyl (C=O) groups is 1. The van der Waals surface area contributed by atoms with Gasteiger partial charge in [0, 0.05) is 37.4 Å². The van der Waals surface area contributed by atoms with Crippen LogP contribution in [0.25, 0.3) is 0 Å². The Morgan fingerprint density at radius 1 is 1.40 bits per heavy atom. The fraction of sp³-hybridized carbons (Fsp3) is 0.474. The first-order chi connectivity index (χ1) is 12.1. The molecule has 1 aliphatic heterocycles. The summed E-state index contributed by atoms with van der Waals surface area (Å²) in [6, 6.07) is 12.2. The van der Waals surface area contributed by atoms with E-state index in [0.29, 0.717) is 0 Å². The first-order valence-corrected chi connectivity index (χ1v) is 8.81. The molecule has 2 atom stereocenters. The average Bonchev–Trinajstić information content (AvgIpc) is 3.01. The molecule has 6 heteroatoms. The van der Waals surface area contributed by atoms with Gasteiger partial charge in [-0.25, -0.2) is 0 Å².